The predicted molar refractivity (Wildman–Crippen MR) is 92.6 cm³/mol. The molecule has 3 fully saturated rings. The van der Waals surface area contributed by atoms with Crippen molar-refractivity contribution < 1.29 is 14.3 Å². The second-order valence-electron chi connectivity index (χ2n) is 7.51. The van der Waals surface area contributed by atoms with Crippen LogP contribution < -0.4 is 9.64 Å². The fourth-order valence-corrected chi connectivity index (χ4v) is 4.46. The minimum Gasteiger partial charge on any atom is -0.481 e. The number of aromatic nitrogens is 2. The molecule has 0 N–H and O–H groups in total. The van der Waals surface area contributed by atoms with Crippen LogP contribution in [-0.4, -0.2) is 67.3 Å². The van der Waals surface area contributed by atoms with Crippen LogP contribution in [0.15, 0.2) is 12.4 Å². The zero-order valence-electron chi connectivity index (χ0n) is 14.8. The van der Waals surface area contributed by atoms with Crippen molar-refractivity contribution in [1.29, 1.82) is 0 Å². The zero-order chi connectivity index (χ0) is 17.3. The molecule has 0 saturated carbocycles. The topological polar surface area (TPSA) is 67.8 Å². The maximum Gasteiger partial charge on any atom is 0.228 e. The number of ether oxygens (including phenoxy) is 2. The molecular weight excluding hydrogens is 320 g/mol. The van der Waals surface area contributed by atoms with E-state index in [1.165, 1.54) is 6.42 Å². The normalized spacial score (nSPS) is 29.4. The number of carbonyl (C=O) groups is 1. The number of hydrogen-bond donors (Lipinski definition) is 0. The van der Waals surface area contributed by atoms with Gasteiger partial charge < -0.3 is 19.3 Å². The molecule has 0 bridgehead atoms. The van der Waals surface area contributed by atoms with Crippen molar-refractivity contribution >= 4 is 11.7 Å². The SMILES string of the molecule is COc1cc(N2CCC[C@@]3(CCN(C(=O)[C@@H]4CCOC4)C3)C2)ncn1. The second kappa shape index (κ2) is 6.78. The first-order valence-corrected chi connectivity index (χ1v) is 9.17. The van der Waals surface area contributed by atoms with Crippen molar-refractivity contribution in [3.8, 4) is 5.88 Å². The molecule has 4 heterocycles. The standard InChI is InChI=1S/C18H26N4O3/c1-24-16-9-15(19-13-20-16)21-6-2-4-18(11-21)5-7-22(12-18)17(23)14-3-8-25-10-14/h9,13-14H,2-8,10-12H2,1H3/t14-,18-/m1/s1. The Kier molecular flexibility index (Phi) is 4.50. The maximum atomic E-state index is 12.7. The monoisotopic (exact) mass is 346 g/mol. The van der Waals surface area contributed by atoms with Gasteiger partial charge in [0.25, 0.3) is 0 Å². The van der Waals surface area contributed by atoms with Gasteiger partial charge in [0.15, 0.2) is 0 Å². The van der Waals surface area contributed by atoms with Crippen molar-refractivity contribution in [3.05, 3.63) is 12.4 Å². The molecule has 3 saturated heterocycles. The third-order valence-corrected chi connectivity index (χ3v) is 5.85. The molecule has 2 atom stereocenters. The minimum atomic E-state index is 0.0703. The van der Waals surface area contributed by atoms with Crippen LogP contribution in [0.5, 0.6) is 5.88 Å². The van der Waals surface area contributed by atoms with E-state index in [0.717, 1.165) is 57.9 Å². The largest absolute Gasteiger partial charge is 0.481 e. The molecule has 136 valence electrons. The summed E-state index contributed by atoms with van der Waals surface area (Å²) in [6.45, 7) is 4.98. The first kappa shape index (κ1) is 16.6. The molecule has 0 unspecified atom stereocenters. The number of piperidine rings is 1. The molecule has 25 heavy (non-hydrogen) atoms. The smallest absolute Gasteiger partial charge is 0.228 e. The lowest BCUT2D eigenvalue weighted by atomic mass is 9.79. The summed E-state index contributed by atoms with van der Waals surface area (Å²) in [4.78, 5) is 25.6. The molecule has 0 aliphatic carbocycles. The lowest BCUT2D eigenvalue weighted by molar-refractivity contribution is -0.134. The van der Waals surface area contributed by atoms with Gasteiger partial charge in [0, 0.05) is 44.3 Å². The van der Waals surface area contributed by atoms with Crippen LogP contribution in [0.4, 0.5) is 5.82 Å². The van der Waals surface area contributed by atoms with E-state index in [-0.39, 0.29) is 17.2 Å². The molecule has 4 rings (SSSR count). The highest BCUT2D eigenvalue weighted by Gasteiger charge is 2.44. The van der Waals surface area contributed by atoms with Crippen LogP contribution in [0.3, 0.4) is 0 Å². The van der Waals surface area contributed by atoms with Gasteiger partial charge in [0.1, 0.15) is 12.1 Å². The zero-order valence-corrected chi connectivity index (χ0v) is 14.8. The Hall–Kier alpha value is -1.89. The minimum absolute atomic E-state index is 0.0703. The summed E-state index contributed by atoms with van der Waals surface area (Å²) in [6.07, 6.45) is 5.80. The van der Waals surface area contributed by atoms with Crippen LogP contribution >= 0.6 is 0 Å². The Morgan fingerprint density at radius 1 is 1.32 bits per heavy atom. The number of carbonyl (C=O) groups excluding carboxylic acids is 1. The Morgan fingerprint density at radius 3 is 3.04 bits per heavy atom. The molecule has 3 aliphatic rings. The first-order valence-electron chi connectivity index (χ1n) is 9.17. The molecule has 7 heteroatoms. The summed E-state index contributed by atoms with van der Waals surface area (Å²) >= 11 is 0. The van der Waals surface area contributed by atoms with E-state index in [9.17, 15) is 4.79 Å². The molecule has 0 radical (unpaired) electrons. The summed E-state index contributed by atoms with van der Waals surface area (Å²) in [5, 5.41) is 0. The quantitative estimate of drug-likeness (QED) is 0.823. The van der Waals surface area contributed by atoms with Crippen LogP contribution in [0.1, 0.15) is 25.7 Å². The Morgan fingerprint density at radius 2 is 2.24 bits per heavy atom. The first-order chi connectivity index (χ1) is 12.2. The second-order valence-corrected chi connectivity index (χ2v) is 7.51. The van der Waals surface area contributed by atoms with Crippen LogP contribution in [0, 0.1) is 11.3 Å². The van der Waals surface area contributed by atoms with Crippen molar-refractivity contribution in [1.82, 2.24) is 14.9 Å². The molecule has 1 spiro atoms. The van der Waals surface area contributed by atoms with E-state index >= 15 is 0 Å². The van der Waals surface area contributed by atoms with Crippen molar-refractivity contribution in [2.24, 2.45) is 11.3 Å². The molecule has 0 aromatic carbocycles. The third-order valence-electron chi connectivity index (χ3n) is 5.85. The Labute approximate surface area is 148 Å². The summed E-state index contributed by atoms with van der Waals surface area (Å²) in [5.41, 5.74) is 0.186. The average molecular weight is 346 g/mol. The van der Waals surface area contributed by atoms with Gasteiger partial charge in [-0.05, 0) is 25.7 Å². The highest BCUT2D eigenvalue weighted by atomic mass is 16.5. The molecule has 1 aromatic rings. The Balaban J connectivity index is 1.44. The average Bonchev–Trinajstić information content (AvgIpc) is 3.32. The number of anilines is 1. The summed E-state index contributed by atoms with van der Waals surface area (Å²) in [6, 6.07) is 1.90. The van der Waals surface area contributed by atoms with E-state index in [2.05, 4.69) is 19.8 Å². The summed E-state index contributed by atoms with van der Waals surface area (Å²) in [5.74, 6) is 1.87. The van der Waals surface area contributed by atoms with E-state index in [0.29, 0.717) is 12.5 Å². The molecular formula is C18H26N4O3. The van der Waals surface area contributed by atoms with E-state index in [4.69, 9.17) is 9.47 Å². The number of likely N-dealkylation sites (tertiary alicyclic amines) is 1. The van der Waals surface area contributed by atoms with Gasteiger partial charge >= 0.3 is 0 Å². The number of hydrogen-bond acceptors (Lipinski definition) is 6. The Bertz CT molecular complexity index is 635. The van der Waals surface area contributed by atoms with Gasteiger partial charge in [-0.15, -0.1) is 0 Å². The lowest BCUT2D eigenvalue weighted by Gasteiger charge is -2.41. The molecule has 3 aliphatic heterocycles. The third kappa shape index (κ3) is 3.29. The fourth-order valence-electron chi connectivity index (χ4n) is 4.46. The van der Waals surface area contributed by atoms with Crippen LogP contribution in [0.2, 0.25) is 0 Å². The van der Waals surface area contributed by atoms with Crippen LogP contribution in [-0.2, 0) is 9.53 Å². The van der Waals surface area contributed by atoms with Gasteiger partial charge in [-0.25, -0.2) is 9.97 Å². The van der Waals surface area contributed by atoms with Crippen molar-refractivity contribution in [3.63, 3.8) is 0 Å². The molecule has 1 aromatic heterocycles. The van der Waals surface area contributed by atoms with E-state index < -0.39 is 0 Å². The number of nitrogens with zero attached hydrogens (tertiary/aromatic N) is 4. The molecule has 1 amide bonds. The van der Waals surface area contributed by atoms with Gasteiger partial charge in [0.05, 0.1) is 19.6 Å². The number of rotatable bonds is 3. The van der Waals surface area contributed by atoms with Gasteiger partial charge in [-0.3, -0.25) is 4.79 Å². The fraction of sp³-hybridized carbons (Fsp3) is 0.722. The van der Waals surface area contributed by atoms with Gasteiger partial charge in [-0.1, -0.05) is 0 Å². The van der Waals surface area contributed by atoms with Crippen molar-refractivity contribution in [2.45, 2.75) is 25.7 Å². The maximum absolute atomic E-state index is 12.7. The van der Waals surface area contributed by atoms with Gasteiger partial charge in [0.2, 0.25) is 11.8 Å². The highest BCUT2D eigenvalue weighted by molar-refractivity contribution is 5.79. The van der Waals surface area contributed by atoms with E-state index in [1.807, 2.05) is 6.07 Å². The highest BCUT2D eigenvalue weighted by Crippen LogP contribution is 2.40. The van der Waals surface area contributed by atoms with E-state index in [1.54, 1.807) is 13.4 Å². The molecule has 7 nitrogen and oxygen atoms in total. The summed E-state index contributed by atoms with van der Waals surface area (Å²) < 4.78 is 10.6. The predicted octanol–water partition coefficient (Wildman–Crippen LogP) is 1.34. The van der Waals surface area contributed by atoms with Gasteiger partial charge in [-0.2, -0.15) is 0 Å². The lowest BCUT2D eigenvalue weighted by Crippen LogP contribution is -2.46. The number of methoxy groups -OCH3 is 1. The van der Waals surface area contributed by atoms with Crippen LogP contribution in [0.25, 0.3) is 0 Å². The number of amides is 1. The summed E-state index contributed by atoms with van der Waals surface area (Å²) in [7, 11) is 1.62. The van der Waals surface area contributed by atoms with Crippen molar-refractivity contribution in [2.75, 3.05) is 51.4 Å².